The van der Waals surface area contributed by atoms with Crippen molar-refractivity contribution in [3.8, 4) is 6.07 Å². The highest BCUT2D eigenvalue weighted by atomic mass is 32.2. The summed E-state index contributed by atoms with van der Waals surface area (Å²) in [6.45, 7) is 0. The van der Waals surface area contributed by atoms with E-state index in [1.54, 1.807) is 0 Å². The van der Waals surface area contributed by atoms with Gasteiger partial charge in [0, 0.05) is 0 Å². The Morgan fingerprint density at radius 2 is 2.54 bits per heavy atom. The number of nitrogens with two attached hydrogens (primary N) is 1. The highest BCUT2D eigenvalue weighted by molar-refractivity contribution is 7.99. The molecule has 1 aromatic heterocycles. The van der Waals surface area contributed by atoms with Crippen molar-refractivity contribution in [2.75, 3.05) is 5.75 Å². The molecule has 0 unspecified atom stereocenters. The zero-order valence-electron chi connectivity index (χ0n) is 6.60. The molecule has 6 heteroatoms. The van der Waals surface area contributed by atoms with E-state index in [4.69, 9.17) is 11.0 Å². The van der Waals surface area contributed by atoms with Gasteiger partial charge in [0.05, 0.1) is 17.5 Å². The van der Waals surface area contributed by atoms with Crippen LogP contribution in [0, 0.1) is 11.3 Å². The lowest BCUT2D eigenvalue weighted by Crippen LogP contribution is -2.13. The van der Waals surface area contributed by atoms with Crippen molar-refractivity contribution in [2.24, 2.45) is 5.73 Å². The van der Waals surface area contributed by atoms with Crippen molar-refractivity contribution in [3.05, 3.63) is 17.8 Å². The van der Waals surface area contributed by atoms with Crippen molar-refractivity contribution in [1.82, 2.24) is 10.2 Å². The van der Waals surface area contributed by atoms with Gasteiger partial charge in [-0.3, -0.25) is 4.79 Å². The quantitative estimate of drug-likeness (QED) is 0.679. The average molecular weight is 194 g/mol. The van der Waals surface area contributed by atoms with E-state index in [9.17, 15) is 4.79 Å². The fourth-order valence-corrected chi connectivity index (χ4v) is 1.30. The van der Waals surface area contributed by atoms with Gasteiger partial charge < -0.3 is 5.73 Å². The summed E-state index contributed by atoms with van der Waals surface area (Å²) in [6.07, 6.45) is 1.42. The molecule has 0 aromatic carbocycles. The molecule has 0 atom stereocenters. The van der Waals surface area contributed by atoms with E-state index in [0.29, 0.717) is 10.6 Å². The Labute approximate surface area is 79.0 Å². The van der Waals surface area contributed by atoms with E-state index in [2.05, 4.69) is 10.2 Å². The van der Waals surface area contributed by atoms with Crippen LogP contribution in [0.3, 0.4) is 0 Å². The second-order valence-corrected chi connectivity index (χ2v) is 3.08. The van der Waals surface area contributed by atoms with Gasteiger partial charge in [-0.1, -0.05) is 11.8 Å². The van der Waals surface area contributed by atoms with Gasteiger partial charge in [-0.2, -0.15) is 10.4 Å². The topological polar surface area (TPSA) is 92.7 Å². The number of nitrogens with zero attached hydrogens (tertiary/aromatic N) is 3. The van der Waals surface area contributed by atoms with Crippen LogP contribution in [-0.2, 0) is 4.79 Å². The SMILES string of the molecule is N#Cc1ccnnc1SCC(N)=O. The molecule has 13 heavy (non-hydrogen) atoms. The van der Waals surface area contributed by atoms with Crippen LogP contribution in [-0.4, -0.2) is 21.9 Å². The van der Waals surface area contributed by atoms with Gasteiger partial charge in [0.2, 0.25) is 5.91 Å². The van der Waals surface area contributed by atoms with E-state index in [1.165, 1.54) is 12.3 Å². The van der Waals surface area contributed by atoms with Gasteiger partial charge in [0.25, 0.3) is 0 Å². The molecule has 0 aliphatic carbocycles. The van der Waals surface area contributed by atoms with Crippen LogP contribution in [0.4, 0.5) is 0 Å². The molecule has 1 amide bonds. The number of carbonyl (C=O) groups is 1. The molecule has 0 saturated heterocycles. The minimum Gasteiger partial charge on any atom is -0.369 e. The second-order valence-electron chi connectivity index (χ2n) is 2.12. The van der Waals surface area contributed by atoms with E-state index in [1.807, 2.05) is 6.07 Å². The minimum atomic E-state index is -0.445. The second kappa shape index (κ2) is 4.42. The van der Waals surface area contributed by atoms with Crippen LogP contribution >= 0.6 is 11.8 Å². The van der Waals surface area contributed by atoms with Gasteiger partial charge in [-0.15, -0.1) is 5.10 Å². The monoisotopic (exact) mass is 194 g/mol. The van der Waals surface area contributed by atoms with E-state index in [0.717, 1.165) is 11.8 Å². The third-order valence-corrected chi connectivity index (χ3v) is 2.16. The standard InChI is InChI=1S/C7H6N4OS/c8-3-5-1-2-10-11-7(5)13-4-6(9)12/h1-2H,4H2,(H2,9,12). The van der Waals surface area contributed by atoms with E-state index >= 15 is 0 Å². The molecule has 0 fully saturated rings. The molecule has 0 aliphatic rings. The number of primary amides is 1. The van der Waals surface area contributed by atoms with Gasteiger partial charge in [-0.25, -0.2) is 0 Å². The number of carbonyl (C=O) groups excluding carboxylic acids is 1. The fraction of sp³-hybridized carbons (Fsp3) is 0.143. The number of hydrogen-bond donors (Lipinski definition) is 1. The lowest BCUT2D eigenvalue weighted by atomic mass is 10.3. The Morgan fingerprint density at radius 3 is 3.15 bits per heavy atom. The summed E-state index contributed by atoms with van der Waals surface area (Å²) in [6, 6.07) is 3.48. The number of rotatable bonds is 3. The van der Waals surface area contributed by atoms with Crippen LogP contribution in [0.1, 0.15) is 5.56 Å². The first-order valence-electron chi connectivity index (χ1n) is 3.37. The van der Waals surface area contributed by atoms with Crippen molar-refractivity contribution >= 4 is 17.7 Å². The first-order valence-corrected chi connectivity index (χ1v) is 4.35. The van der Waals surface area contributed by atoms with Crippen LogP contribution in [0.2, 0.25) is 0 Å². The zero-order chi connectivity index (χ0) is 9.68. The van der Waals surface area contributed by atoms with Gasteiger partial charge in [-0.05, 0) is 6.07 Å². The predicted molar refractivity (Wildman–Crippen MR) is 46.7 cm³/mol. The highest BCUT2D eigenvalue weighted by Gasteiger charge is 2.05. The number of hydrogen-bond acceptors (Lipinski definition) is 5. The molecule has 5 nitrogen and oxygen atoms in total. The van der Waals surface area contributed by atoms with E-state index < -0.39 is 5.91 Å². The van der Waals surface area contributed by atoms with Crippen molar-refractivity contribution in [2.45, 2.75) is 5.03 Å². The summed E-state index contributed by atoms with van der Waals surface area (Å²) in [4.78, 5) is 10.4. The summed E-state index contributed by atoms with van der Waals surface area (Å²) in [5.74, 6) is -0.340. The molecular formula is C7H6N4OS. The average Bonchev–Trinajstić information content (AvgIpc) is 2.15. The summed E-state index contributed by atoms with van der Waals surface area (Å²) in [5.41, 5.74) is 5.34. The Balaban J connectivity index is 2.77. The largest absolute Gasteiger partial charge is 0.369 e. The maximum absolute atomic E-state index is 10.4. The summed E-state index contributed by atoms with van der Waals surface area (Å²) in [5, 5.41) is 16.4. The van der Waals surface area contributed by atoms with Crippen molar-refractivity contribution in [1.29, 1.82) is 5.26 Å². The Bertz CT molecular complexity index is 360. The number of aromatic nitrogens is 2. The molecule has 66 valence electrons. The fourth-order valence-electron chi connectivity index (χ4n) is 0.650. The summed E-state index contributed by atoms with van der Waals surface area (Å²) < 4.78 is 0. The van der Waals surface area contributed by atoms with Crippen LogP contribution in [0.5, 0.6) is 0 Å². The number of amides is 1. The molecule has 0 aliphatic heterocycles. The molecular weight excluding hydrogens is 188 g/mol. The first-order chi connectivity index (χ1) is 6.24. The Hall–Kier alpha value is -1.61. The smallest absolute Gasteiger partial charge is 0.227 e. The summed E-state index contributed by atoms with van der Waals surface area (Å²) >= 11 is 1.11. The molecule has 0 bridgehead atoms. The molecule has 1 heterocycles. The Kier molecular flexibility index (Phi) is 3.23. The third kappa shape index (κ3) is 2.72. The Morgan fingerprint density at radius 1 is 1.77 bits per heavy atom. The molecule has 0 radical (unpaired) electrons. The predicted octanol–water partition coefficient (Wildman–Crippen LogP) is -0.0743. The molecule has 1 rings (SSSR count). The van der Waals surface area contributed by atoms with Gasteiger partial charge in [0.15, 0.2) is 0 Å². The normalized spacial score (nSPS) is 9.15. The maximum Gasteiger partial charge on any atom is 0.227 e. The van der Waals surface area contributed by atoms with Gasteiger partial charge in [0.1, 0.15) is 11.1 Å². The molecule has 0 spiro atoms. The molecule has 0 saturated carbocycles. The third-order valence-electron chi connectivity index (χ3n) is 1.16. The van der Waals surface area contributed by atoms with Gasteiger partial charge >= 0.3 is 0 Å². The van der Waals surface area contributed by atoms with Crippen molar-refractivity contribution in [3.63, 3.8) is 0 Å². The zero-order valence-corrected chi connectivity index (χ0v) is 7.41. The number of nitriles is 1. The molecule has 1 aromatic rings. The number of thioether (sulfide) groups is 1. The van der Waals surface area contributed by atoms with Crippen LogP contribution in [0.15, 0.2) is 17.3 Å². The summed E-state index contributed by atoms with van der Waals surface area (Å²) in [7, 11) is 0. The molecule has 2 N–H and O–H groups in total. The van der Waals surface area contributed by atoms with Crippen LogP contribution < -0.4 is 5.73 Å². The minimum absolute atomic E-state index is 0.105. The first kappa shape index (κ1) is 9.48. The lowest BCUT2D eigenvalue weighted by molar-refractivity contribution is -0.115. The van der Waals surface area contributed by atoms with E-state index in [-0.39, 0.29) is 5.75 Å². The van der Waals surface area contributed by atoms with Crippen molar-refractivity contribution < 1.29 is 4.79 Å². The lowest BCUT2D eigenvalue weighted by Gasteiger charge is -1.97. The maximum atomic E-state index is 10.4. The highest BCUT2D eigenvalue weighted by Crippen LogP contribution is 2.17. The van der Waals surface area contributed by atoms with Crippen LogP contribution in [0.25, 0.3) is 0 Å².